The Labute approximate surface area is 119 Å². The third-order valence-electron chi connectivity index (χ3n) is 2.60. The fraction of sp³-hybridized carbons (Fsp3) is 0.417. The highest BCUT2D eigenvalue weighted by Gasteiger charge is 2.14. The molecule has 0 unspecified atom stereocenters. The van der Waals surface area contributed by atoms with Gasteiger partial charge in [0.25, 0.3) is 5.69 Å². The van der Waals surface area contributed by atoms with E-state index >= 15 is 0 Å². The number of amides is 1. The molecule has 3 N–H and O–H groups in total. The Kier molecular flexibility index (Phi) is 6.44. The second kappa shape index (κ2) is 7.85. The van der Waals surface area contributed by atoms with Gasteiger partial charge in [-0.1, -0.05) is 12.1 Å². The van der Waals surface area contributed by atoms with Crippen molar-refractivity contribution in [3.8, 4) is 0 Å². The molecule has 6 nitrogen and oxygen atoms in total. The lowest BCUT2D eigenvalue weighted by Gasteiger charge is -2.06. The summed E-state index contributed by atoms with van der Waals surface area (Å²) in [5.74, 6) is -0.290. The zero-order chi connectivity index (χ0) is 14.3. The van der Waals surface area contributed by atoms with Crippen molar-refractivity contribution < 1.29 is 9.72 Å². The first-order chi connectivity index (χ1) is 9.02. The summed E-state index contributed by atoms with van der Waals surface area (Å²) in [5, 5.41) is 13.9. The number of hydrogen-bond donors (Lipinski definition) is 2. The predicted molar refractivity (Wildman–Crippen MR) is 75.5 cm³/mol. The van der Waals surface area contributed by atoms with Crippen LogP contribution in [0.1, 0.15) is 24.8 Å². The van der Waals surface area contributed by atoms with Gasteiger partial charge in [0.2, 0.25) is 5.91 Å². The number of nitrogens with one attached hydrogen (secondary N) is 1. The lowest BCUT2D eigenvalue weighted by Crippen LogP contribution is -2.16. The van der Waals surface area contributed by atoms with E-state index < -0.39 is 4.92 Å². The number of nitrogens with two attached hydrogens (primary N) is 1. The monoisotopic (exact) mass is 329 g/mol. The molecule has 104 valence electrons. The van der Waals surface area contributed by atoms with Gasteiger partial charge in [0.15, 0.2) is 0 Å². The van der Waals surface area contributed by atoms with Gasteiger partial charge in [-0.15, -0.1) is 0 Å². The molecule has 0 fully saturated rings. The van der Waals surface area contributed by atoms with Crippen molar-refractivity contribution in [2.24, 2.45) is 5.73 Å². The summed E-state index contributed by atoms with van der Waals surface area (Å²) >= 11 is 3.24. The molecule has 0 heterocycles. The van der Waals surface area contributed by atoms with E-state index in [1.807, 2.05) is 6.07 Å². The molecule has 0 spiro atoms. The maximum Gasteiger partial charge on any atom is 0.283 e. The van der Waals surface area contributed by atoms with Gasteiger partial charge in [0, 0.05) is 19.0 Å². The van der Waals surface area contributed by atoms with Crippen molar-refractivity contribution >= 4 is 27.5 Å². The van der Waals surface area contributed by atoms with Crippen LogP contribution in [0, 0.1) is 10.1 Å². The van der Waals surface area contributed by atoms with Gasteiger partial charge < -0.3 is 11.1 Å². The second-order valence-corrected chi connectivity index (χ2v) is 4.90. The van der Waals surface area contributed by atoms with Gasteiger partial charge >= 0.3 is 0 Å². The minimum Gasteiger partial charge on any atom is -0.370 e. The van der Waals surface area contributed by atoms with Gasteiger partial charge in [-0.25, -0.2) is 0 Å². The Hall–Kier alpha value is -1.47. The lowest BCUT2D eigenvalue weighted by atomic mass is 10.2. The first-order valence-corrected chi connectivity index (χ1v) is 6.72. The molecular weight excluding hydrogens is 314 g/mol. The quantitative estimate of drug-likeness (QED) is 0.433. The second-order valence-electron chi connectivity index (χ2n) is 4.11. The fourth-order valence-electron chi connectivity index (χ4n) is 1.62. The number of halogens is 1. The molecule has 0 aromatic heterocycles. The molecule has 0 saturated carbocycles. The van der Waals surface area contributed by atoms with E-state index in [1.165, 1.54) is 6.07 Å². The van der Waals surface area contributed by atoms with E-state index in [0.29, 0.717) is 17.4 Å². The van der Waals surface area contributed by atoms with Crippen LogP contribution in [-0.4, -0.2) is 17.4 Å². The Bertz CT molecular complexity index is 466. The molecule has 1 aromatic carbocycles. The molecular formula is C12H16BrN3O3. The maximum atomic E-state index is 10.8. The van der Waals surface area contributed by atoms with Crippen LogP contribution in [0.5, 0.6) is 0 Å². The third-order valence-corrected chi connectivity index (χ3v) is 3.51. The number of nitro groups is 1. The summed E-state index contributed by atoms with van der Waals surface area (Å²) in [6.07, 6.45) is 1.98. The van der Waals surface area contributed by atoms with E-state index in [2.05, 4.69) is 21.2 Å². The molecule has 0 saturated heterocycles. The molecule has 0 atom stereocenters. The summed E-state index contributed by atoms with van der Waals surface area (Å²) in [7, 11) is 0. The van der Waals surface area contributed by atoms with Gasteiger partial charge in [-0.3, -0.25) is 14.9 Å². The van der Waals surface area contributed by atoms with Crippen LogP contribution < -0.4 is 11.1 Å². The van der Waals surface area contributed by atoms with E-state index in [1.54, 1.807) is 6.07 Å². The van der Waals surface area contributed by atoms with Crippen LogP contribution in [0.2, 0.25) is 0 Å². The Morgan fingerprint density at radius 3 is 2.79 bits per heavy atom. The zero-order valence-electron chi connectivity index (χ0n) is 10.4. The van der Waals surface area contributed by atoms with Gasteiger partial charge in [0.05, 0.1) is 9.40 Å². The first-order valence-electron chi connectivity index (χ1n) is 5.93. The van der Waals surface area contributed by atoms with Crippen molar-refractivity contribution in [3.63, 3.8) is 0 Å². The van der Waals surface area contributed by atoms with Crippen molar-refractivity contribution in [2.45, 2.75) is 25.8 Å². The highest BCUT2D eigenvalue weighted by atomic mass is 79.9. The SMILES string of the molecule is NC(=O)CCCCNCc1cccc([N+](=O)[O-])c1Br. The number of benzene rings is 1. The number of primary amides is 1. The molecule has 0 aliphatic heterocycles. The Balaban J connectivity index is 2.39. The summed E-state index contributed by atoms with van der Waals surface area (Å²) < 4.78 is 0.504. The smallest absolute Gasteiger partial charge is 0.283 e. The van der Waals surface area contributed by atoms with E-state index in [4.69, 9.17) is 5.73 Å². The van der Waals surface area contributed by atoms with E-state index in [9.17, 15) is 14.9 Å². The summed E-state index contributed by atoms with van der Waals surface area (Å²) in [5.41, 5.74) is 5.93. The summed E-state index contributed by atoms with van der Waals surface area (Å²) in [4.78, 5) is 20.9. The van der Waals surface area contributed by atoms with Crippen molar-refractivity contribution in [2.75, 3.05) is 6.54 Å². The highest BCUT2D eigenvalue weighted by molar-refractivity contribution is 9.10. The fourth-order valence-corrected chi connectivity index (χ4v) is 2.17. The van der Waals surface area contributed by atoms with Crippen LogP contribution >= 0.6 is 15.9 Å². The van der Waals surface area contributed by atoms with E-state index in [-0.39, 0.29) is 11.6 Å². The van der Waals surface area contributed by atoms with Crippen LogP contribution in [0.25, 0.3) is 0 Å². The molecule has 0 aliphatic carbocycles. The topological polar surface area (TPSA) is 98.3 Å². The molecule has 1 rings (SSSR count). The average Bonchev–Trinajstić information content (AvgIpc) is 2.34. The molecule has 0 radical (unpaired) electrons. The third kappa shape index (κ3) is 5.35. The van der Waals surface area contributed by atoms with Crippen LogP contribution in [0.15, 0.2) is 22.7 Å². The molecule has 0 bridgehead atoms. The largest absolute Gasteiger partial charge is 0.370 e. The van der Waals surface area contributed by atoms with Crippen molar-refractivity contribution in [1.82, 2.24) is 5.32 Å². The average molecular weight is 330 g/mol. The number of nitrogens with zero attached hydrogens (tertiary/aromatic N) is 1. The van der Waals surface area contributed by atoms with Crippen LogP contribution in [-0.2, 0) is 11.3 Å². The van der Waals surface area contributed by atoms with Gasteiger partial charge in [-0.2, -0.15) is 0 Å². The molecule has 0 aliphatic rings. The Morgan fingerprint density at radius 1 is 1.42 bits per heavy atom. The number of unbranched alkanes of at least 4 members (excludes halogenated alkanes) is 1. The standard InChI is InChI=1S/C12H16BrN3O3/c13-12-9(4-3-5-10(12)16(18)19)8-15-7-2-1-6-11(14)17/h3-5,15H,1-2,6-8H2,(H2,14,17). The molecule has 1 aromatic rings. The summed E-state index contributed by atoms with van der Waals surface area (Å²) in [6.45, 7) is 1.28. The maximum absolute atomic E-state index is 10.8. The molecule has 19 heavy (non-hydrogen) atoms. The number of carbonyl (C=O) groups excluding carboxylic acids is 1. The van der Waals surface area contributed by atoms with Gasteiger partial charge in [-0.05, 0) is 40.9 Å². The number of carbonyl (C=O) groups is 1. The first kappa shape index (κ1) is 15.6. The minimum absolute atomic E-state index is 0.0630. The lowest BCUT2D eigenvalue weighted by molar-refractivity contribution is -0.385. The normalized spacial score (nSPS) is 10.4. The van der Waals surface area contributed by atoms with Gasteiger partial charge in [0.1, 0.15) is 0 Å². The predicted octanol–water partition coefficient (Wildman–Crippen LogP) is 2.10. The summed E-state index contributed by atoms with van der Waals surface area (Å²) in [6, 6.07) is 4.95. The Morgan fingerprint density at radius 2 is 2.16 bits per heavy atom. The molecule has 7 heteroatoms. The van der Waals surface area contributed by atoms with Crippen LogP contribution in [0.3, 0.4) is 0 Å². The van der Waals surface area contributed by atoms with Crippen LogP contribution in [0.4, 0.5) is 5.69 Å². The van der Waals surface area contributed by atoms with Crippen molar-refractivity contribution in [3.05, 3.63) is 38.3 Å². The minimum atomic E-state index is -0.416. The number of hydrogen-bond acceptors (Lipinski definition) is 4. The highest BCUT2D eigenvalue weighted by Crippen LogP contribution is 2.27. The number of rotatable bonds is 8. The molecule has 1 amide bonds. The van der Waals surface area contributed by atoms with Crippen molar-refractivity contribution in [1.29, 1.82) is 0 Å². The zero-order valence-corrected chi connectivity index (χ0v) is 12.0. The van der Waals surface area contributed by atoms with E-state index in [0.717, 1.165) is 24.9 Å². The number of nitro benzene ring substituents is 1.